The first kappa shape index (κ1) is 15.6. The first-order valence-corrected chi connectivity index (χ1v) is 8.30. The van der Waals surface area contributed by atoms with Crippen molar-refractivity contribution >= 4 is 0 Å². The number of hydrogen-bond donors (Lipinski definition) is 0. The number of hydrogen-bond acceptors (Lipinski definition) is 5. The van der Waals surface area contributed by atoms with Gasteiger partial charge in [-0.3, -0.25) is 4.90 Å². The van der Waals surface area contributed by atoms with Gasteiger partial charge in [-0.1, -0.05) is 0 Å². The smallest absolute Gasteiger partial charge is 0.250 e. The number of aromatic nitrogens is 1. The molecule has 4 rings (SSSR count). The van der Waals surface area contributed by atoms with Crippen molar-refractivity contribution in [1.29, 1.82) is 0 Å². The molecule has 0 N–H and O–H groups in total. The Morgan fingerprint density at radius 1 is 1.38 bits per heavy atom. The fourth-order valence-electron chi connectivity index (χ4n) is 3.64. The van der Waals surface area contributed by atoms with Crippen LogP contribution in [-0.2, 0) is 11.3 Å². The molecule has 1 atom stereocenters. The zero-order valence-corrected chi connectivity index (χ0v) is 13.7. The number of rotatable bonds is 5. The molecule has 128 valence electrons. The van der Waals surface area contributed by atoms with E-state index in [-0.39, 0.29) is 17.4 Å². The Kier molecular flexibility index (Phi) is 4.02. The lowest BCUT2D eigenvalue weighted by Crippen LogP contribution is -2.64. The van der Waals surface area contributed by atoms with E-state index < -0.39 is 5.82 Å². The number of pyridine rings is 1. The highest BCUT2D eigenvalue weighted by atomic mass is 19.1. The highest BCUT2D eigenvalue weighted by molar-refractivity contribution is 5.14. The van der Waals surface area contributed by atoms with E-state index in [4.69, 9.17) is 13.9 Å². The van der Waals surface area contributed by atoms with Gasteiger partial charge in [0.25, 0.3) is 0 Å². The Hall–Kier alpha value is -1.92. The van der Waals surface area contributed by atoms with Crippen molar-refractivity contribution in [1.82, 2.24) is 9.88 Å². The van der Waals surface area contributed by atoms with E-state index >= 15 is 0 Å². The Labute approximate surface area is 140 Å². The van der Waals surface area contributed by atoms with E-state index in [9.17, 15) is 4.39 Å². The maximum absolute atomic E-state index is 13.6. The molecular weight excluding hydrogens is 311 g/mol. The van der Waals surface area contributed by atoms with Crippen LogP contribution in [0.3, 0.4) is 0 Å². The Morgan fingerprint density at radius 3 is 3.00 bits per heavy atom. The quantitative estimate of drug-likeness (QED) is 0.843. The van der Waals surface area contributed by atoms with Gasteiger partial charge in [0.2, 0.25) is 5.88 Å². The van der Waals surface area contributed by atoms with Crippen LogP contribution >= 0.6 is 0 Å². The zero-order valence-electron chi connectivity index (χ0n) is 13.7. The van der Waals surface area contributed by atoms with E-state index in [0.29, 0.717) is 6.61 Å². The van der Waals surface area contributed by atoms with Crippen LogP contribution in [-0.4, -0.2) is 41.8 Å². The van der Waals surface area contributed by atoms with Gasteiger partial charge in [0.1, 0.15) is 11.5 Å². The second-order valence-electron chi connectivity index (χ2n) is 6.66. The predicted molar refractivity (Wildman–Crippen MR) is 85.2 cm³/mol. The van der Waals surface area contributed by atoms with Crippen molar-refractivity contribution in [2.24, 2.45) is 5.92 Å². The lowest BCUT2D eigenvalue weighted by Gasteiger charge is -2.49. The third-order valence-corrected chi connectivity index (χ3v) is 4.90. The Balaban J connectivity index is 1.33. The van der Waals surface area contributed by atoms with Crippen LogP contribution in [0.2, 0.25) is 0 Å². The molecule has 0 bridgehead atoms. The molecule has 4 heterocycles. The van der Waals surface area contributed by atoms with E-state index in [1.807, 2.05) is 19.1 Å². The second-order valence-corrected chi connectivity index (χ2v) is 6.66. The van der Waals surface area contributed by atoms with Crippen LogP contribution < -0.4 is 4.74 Å². The van der Waals surface area contributed by atoms with Crippen LogP contribution in [0.4, 0.5) is 4.39 Å². The molecule has 0 radical (unpaired) electrons. The van der Waals surface area contributed by atoms with Crippen molar-refractivity contribution in [3.8, 4) is 5.88 Å². The SMILES string of the molecule is Cc1ccc(CN2CC3(C2)OCC[C@H]3COc2ncccc2F)o1. The Bertz CT molecular complexity index is 712. The van der Waals surface area contributed by atoms with Crippen molar-refractivity contribution in [3.63, 3.8) is 0 Å². The number of halogens is 1. The van der Waals surface area contributed by atoms with Gasteiger partial charge in [-0.25, -0.2) is 9.37 Å². The minimum absolute atomic E-state index is 0.0711. The molecule has 2 aromatic rings. The summed E-state index contributed by atoms with van der Waals surface area (Å²) in [7, 11) is 0. The molecule has 1 spiro atoms. The highest BCUT2D eigenvalue weighted by Crippen LogP contribution is 2.40. The molecule has 0 aromatic carbocycles. The van der Waals surface area contributed by atoms with Gasteiger partial charge in [-0.2, -0.15) is 0 Å². The summed E-state index contributed by atoms with van der Waals surface area (Å²) in [5.41, 5.74) is -0.174. The molecule has 0 unspecified atom stereocenters. The van der Waals surface area contributed by atoms with Crippen molar-refractivity contribution in [2.45, 2.75) is 25.5 Å². The van der Waals surface area contributed by atoms with Crippen LogP contribution in [0.15, 0.2) is 34.9 Å². The average molecular weight is 332 g/mol. The molecule has 24 heavy (non-hydrogen) atoms. The summed E-state index contributed by atoms with van der Waals surface area (Å²) in [6.07, 6.45) is 2.47. The van der Waals surface area contributed by atoms with Crippen LogP contribution in [0.25, 0.3) is 0 Å². The number of nitrogens with zero attached hydrogens (tertiary/aromatic N) is 2. The lowest BCUT2D eigenvalue weighted by atomic mass is 9.81. The molecule has 2 aliphatic heterocycles. The van der Waals surface area contributed by atoms with Crippen molar-refractivity contribution in [2.75, 3.05) is 26.3 Å². The summed E-state index contributed by atoms with van der Waals surface area (Å²) < 4.78 is 30.9. The molecule has 5 nitrogen and oxygen atoms in total. The van der Waals surface area contributed by atoms with E-state index in [1.165, 1.54) is 12.3 Å². The van der Waals surface area contributed by atoms with Gasteiger partial charge >= 0.3 is 0 Å². The minimum atomic E-state index is -0.422. The molecule has 0 amide bonds. The van der Waals surface area contributed by atoms with Gasteiger partial charge in [0.15, 0.2) is 5.82 Å². The average Bonchev–Trinajstić information content (AvgIpc) is 3.13. The maximum atomic E-state index is 13.6. The molecule has 2 aromatic heterocycles. The molecular formula is C18H21FN2O3. The van der Waals surface area contributed by atoms with E-state index in [2.05, 4.69) is 9.88 Å². The van der Waals surface area contributed by atoms with Crippen LogP contribution in [0, 0.1) is 18.7 Å². The van der Waals surface area contributed by atoms with E-state index in [0.717, 1.165) is 44.2 Å². The van der Waals surface area contributed by atoms with Gasteiger partial charge in [0.05, 0.1) is 18.8 Å². The topological polar surface area (TPSA) is 47.7 Å². The van der Waals surface area contributed by atoms with Gasteiger partial charge in [0, 0.05) is 31.8 Å². The summed E-state index contributed by atoms with van der Waals surface area (Å²) in [4.78, 5) is 6.25. The third-order valence-electron chi connectivity index (χ3n) is 4.90. The lowest BCUT2D eigenvalue weighted by molar-refractivity contribution is -0.142. The fraction of sp³-hybridized carbons (Fsp3) is 0.500. The summed E-state index contributed by atoms with van der Waals surface area (Å²) >= 11 is 0. The summed E-state index contributed by atoms with van der Waals surface area (Å²) in [5, 5.41) is 0. The number of ether oxygens (including phenoxy) is 2. The molecule has 2 fully saturated rings. The molecule has 0 aliphatic carbocycles. The second kappa shape index (κ2) is 6.18. The van der Waals surface area contributed by atoms with Gasteiger partial charge in [-0.15, -0.1) is 0 Å². The number of likely N-dealkylation sites (tertiary alicyclic amines) is 1. The van der Waals surface area contributed by atoms with Crippen molar-refractivity contribution < 1.29 is 18.3 Å². The van der Waals surface area contributed by atoms with Gasteiger partial charge in [-0.05, 0) is 37.6 Å². The first-order valence-electron chi connectivity index (χ1n) is 8.30. The number of furan rings is 1. The standard InChI is InChI=1S/C18H21FN2O3/c1-13-4-5-15(24-13)9-21-11-18(12-21)14(6-8-23-18)10-22-17-16(19)3-2-7-20-17/h2-5,7,14H,6,8-12H2,1H3/t14-/m0/s1. The first-order chi connectivity index (χ1) is 11.6. The third kappa shape index (κ3) is 2.91. The van der Waals surface area contributed by atoms with E-state index in [1.54, 1.807) is 6.07 Å². The van der Waals surface area contributed by atoms with Crippen LogP contribution in [0.1, 0.15) is 17.9 Å². The summed E-state index contributed by atoms with van der Waals surface area (Å²) in [6.45, 7) is 5.61. The monoisotopic (exact) mass is 332 g/mol. The largest absolute Gasteiger partial charge is 0.475 e. The molecule has 0 saturated carbocycles. The zero-order chi connectivity index (χ0) is 16.6. The predicted octanol–water partition coefficient (Wildman–Crippen LogP) is 2.79. The molecule has 2 aliphatic rings. The molecule has 6 heteroatoms. The minimum Gasteiger partial charge on any atom is -0.475 e. The number of aryl methyl sites for hydroxylation is 1. The van der Waals surface area contributed by atoms with Crippen molar-refractivity contribution in [3.05, 3.63) is 47.8 Å². The highest BCUT2D eigenvalue weighted by Gasteiger charge is 2.53. The summed E-state index contributed by atoms with van der Waals surface area (Å²) in [5.74, 6) is 1.81. The fourth-order valence-corrected chi connectivity index (χ4v) is 3.64. The van der Waals surface area contributed by atoms with Gasteiger partial charge < -0.3 is 13.9 Å². The van der Waals surface area contributed by atoms with Crippen LogP contribution in [0.5, 0.6) is 5.88 Å². The maximum Gasteiger partial charge on any atom is 0.250 e. The normalized spacial score (nSPS) is 22.7. The molecule has 2 saturated heterocycles. The summed E-state index contributed by atoms with van der Waals surface area (Å²) in [6, 6.07) is 6.91. The Morgan fingerprint density at radius 2 is 2.25 bits per heavy atom.